The van der Waals surface area contributed by atoms with Gasteiger partial charge in [-0.2, -0.15) is 0 Å². The van der Waals surface area contributed by atoms with Gasteiger partial charge in [-0.25, -0.2) is 14.8 Å². The molecule has 0 radical (unpaired) electrons. The van der Waals surface area contributed by atoms with E-state index in [4.69, 9.17) is 4.74 Å². The van der Waals surface area contributed by atoms with Gasteiger partial charge in [-0.05, 0) is 74.6 Å². The van der Waals surface area contributed by atoms with Crippen molar-refractivity contribution >= 4 is 28.5 Å². The van der Waals surface area contributed by atoms with Gasteiger partial charge in [0.05, 0.1) is 17.1 Å². The van der Waals surface area contributed by atoms with Crippen molar-refractivity contribution in [1.82, 2.24) is 9.97 Å². The summed E-state index contributed by atoms with van der Waals surface area (Å²) >= 11 is 0. The molecule has 1 aromatic heterocycles. The molecule has 0 aliphatic carbocycles. The van der Waals surface area contributed by atoms with Gasteiger partial charge in [0.15, 0.2) is 11.5 Å². The van der Waals surface area contributed by atoms with Crippen LogP contribution in [0, 0.1) is 13.8 Å². The van der Waals surface area contributed by atoms with E-state index in [1.54, 1.807) is 0 Å². The second-order valence-electron chi connectivity index (χ2n) is 7.70. The van der Waals surface area contributed by atoms with Crippen molar-refractivity contribution in [2.75, 3.05) is 5.32 Å². The van der Waals surface area contributed by atoms with Crippen LogP contribution in [-0.4, -0.2) is 22.0 Å². The van der Waals surface area contributed by atoms with Gasteiger partial charge in [0.1, 0.15) is 0 Å². The third-order valence-corrected chi connectivity index (χ3v) is 4.66. The molecule has 1 heterocycles. The van der Waals surface area contributed by atoms with Crippen molar-refractivity contribution in [2.45, 2.75) is 53.6 Å². The molecule has 5 nitrogen and oxygen atoms in total. The van der Waals surface area contributed by atoms with Crippen LogP contribution in [-0.2, 0) is 4.74 Å². The quantitative estimate of drug-likeness (QED) is 0.580. The van der Waals surface area contributed by atoms with Crippen molar-refractivity contribution in [2.24, 2.45) is 0 Å². The van der Waals surface area contributed by atoms with Gasteiger partial charge in [0.2, 0.25) is 0 Å². The Morgan fingerprint density at radius 1 is 0.929 bits per heavy atom. The molecule has 0 spiro atoms. The Labute approximate surface area is 166 Å². The van der Waals surface area contributed by atoms with Gasteiger partial charge >= 0.3 is 5.97 Å². The monoisotopic (exact) mass is 377 g/mol. The summed E-state index contributed by atoms with van der Waals surface area (Å²) in [7, 11) is 0. The van der Waals surface area contributed by atoms with E-state index in [9.17, 15) is 4.79 Å². The number of aryl methyl sites for hydroxylation is 2. The summed E-state index contributed by atoms with van der Waals surface area (Å²) < 4.78 is 5.39. The highest BCUT2D eigenvalue weighted by molar-refractivity contribution is 5.96. The van der Waals surface area contributed by atoms with Gasteiger partial charge in [-0.15, -0.1) is 0 Å². The van der Waals surface area contributed by atoms with E-state index in [1.165, 1.54) is 5.56 Å². The van der Waals surface area contributed by atoms with E-state index in [2.05, 4.69) is 41.3 Å². The van der Waals surface area contributed by atoms with Crippen molar-refractivity contribution in [3.63, 3.8) is 0 Å². The highest BCUT2D eigenvalue weighted by Crippen LogP contribution is 2.25. The maximum Gasteiger partial charge on any atom is 0.361 e. The largest absolute Gasteiger partial charge is 0.458 e. The lowest BCUT2D eigenvalue weighted by Gasteiger charge is -2.14. The Bertz CT molecular complexity index is 1010. The van der Waals surface area contributed by atoms with Crippen molar-refractivity contribution in [3.05, 3.63) is 58.8 Å². The van der Waals surface area contributed by atoms with Crippen LogP contribution in [0.5, 0.6) is 0 Å². The lowest BCUT2D eigenvalue weighted by atomic mass is 10.0. The van der Waals surface area contributed by atoms with Gasteiger partial charge in [-0.3, -0.25) is 0 Å². The SMILES string of the molecule is Cc1cc2nc(Nc3ccc(C(C)C)cc3)c(C(=O)OC(C)C)nc2cc1C. The Hall–Kier alpha value is -2.95. The Morgan fingerprint density at radius 2 is 1.50 bits per heavy atom. The van der Waals surface area contributed by atoms with Crippen LogP contribution in [0.25, 0.3) is 11.0 Å². The number of hydrogen-bond acceptors (Lipinski definition) is 5. The summed E-state index contributed by atoms with van der Waals surface area (Å²) in [5.41, 5.74) is 5.95. The number of nitrogens with one attached hydrogen (secondary N) is 1. The maximum atomic E-state index is 12.6. The minimum absolute atomic E-state index is 0.192. The number of ether oxygens (including phenoxy) is 1. The van der Waals surface area contributed by atoms with Gasteiger partial charge in [-0.1, -0.05) is 26.0 Å². The van der Waals surface area contributed by atoms with Crippen LogP contribution in [0.3, 0.4) is 0 Å². The molecule has 3 aromatic rings. The average molecular weight is 377 g/mol. The number of rotatable bonds is 5. The molecule has 3 rings (SSSR count). The van der Waals surface area contributed by atoms with Crippen LogP contribution >= 0.6 is 0 Å². The standard InChI is InChI=1S/C23H27N3O2/c1-13(2)17-7-9-18(10-8-17)24-22-21(23(27)28-14(3)4)25-19-11-15(5)16(6)12-20(19)26-22/h7-14H,1-6H3,(H,24,26). The summed E-state index contributed by atoms with van der Waals surface area (Å²) in [4.78, 5) is 21.9. The lowest BCUT2D eigenvalue weighted by molar-refractivity contribution is 0.0372. The normalized spacial score (nSPS) is 11.3. The molecule has 0 aliphatic heterocycles. The lowest BCUT2D eigenvalue weighted by Crippen LogP contribution is -2.16. The highest BCUT2D eigenvalue weighted by Gasteiger charge is 2.20. The molecule has 146 valence electrons. The topological polar surface area (TPSA) is 64.1 Å². The predicted octanol–water partition coefficient (Wildman–Crippen LogP) is 5.68. The van der Waals surface area contributed by atoms with E-state index >= 15 is 0 Å². The van der Waals surface area contributed by atoms with Crippen LogP contribution in [0.15, 0.2) is 36.4 Å². The first kappa shape index (κ1) is 19.8. The van der Waals surface area contributed by atoms with Gasteiger partial charge < -0.3 is 10.1 Å². The van der Waals surface area contributed by atoms with E-state index in [0.29, 0.717) is 17.3 Å². The molecule has 0 atom stereocenters. The van der Waals surface area contributed by atoms with Gasteiger partial charge in [0, 0.05) is 5.69 Å². The fourth-order valence-corrected chi connectivity index (χ4v) is 2.90. The molecule has 1 N–H and O–H groups in total. The molecular formula is C23H27N3O2. The zero-order valence-electron chi connectivity index (χ0n) is 17.3. The van der Waals surface area contributed by atoms with Gasteiger partial charge in [0.25, 0.3) is 0 Å². The van der Waals surface area contributed by atoms with Crippen LogP contribution in [0.2, 0.25) is 0 Å². The summed E-state index contributed by atoms with van der Waals surface area (Å²) in [6.07, 6.45) is -0.233. The molecule has 0 bridgehead atoms. The Balaban J connectivity index is 2.06. The fourth-order valence-electron chi connectivity index (χ4n) is 2.90. The molecule has 2 aromatic carbocycles. The number of nitrogens with zero attached hydrogens (tertiary/aromatic N) is 2. The summed E-state index contributed by atoms with van der Waals surface area (Å²) in [6, 6.07) is 12.0. The molecule has 0 saturated heterocycles. The second kappa shape index (κ2) is 7.97. The molecule has 28 heavy (non-hydrogen) atoms. The van der Waals surface area contributed by atoms with E-state index in [0.717, 1.165) is 22.3 Å². The highest BCUT2D eigenvalue weighted by atomic mass is 16.5. The van der Waals surface area contributed by atoms with Crippen LogP contribution < -0.4 is 5.32 Å². The molecule has 0 aliphatic rings. The fraction of sp³-hybridized carbons (Fsp3) is 0.348. The minimum atomic E-state index is -0.482. The minimum Gasteiger partial charge on any atom is -0.458 e. The number of esters is 1. The number of carbonyl (C=O) groups is 1. The molecule has 0 fully saturated rings. The summed E-state index contributed by atoms with van der Waals surface area (Å²) in [6.45, 7) is 12.0. The van der Waals surface area contributed by atoms with E-state index in [1.807, 2.05) is 52.0 Å². The number of fused-ring (bicyclic) bond motifs is 1. The second-order valence-corrected chi connectivity index (χ2v) is 7.70. The molecule has 0 saturated carbocycles. The zero-order valence-corrected chi connectivity index (χ0v) is 17.3. The van der Waals surface area contributed by atoms with E-state index < -0.39 is 5.97 Å². The maximum absolute atomic E-state index is 12.6. The predicted molar refractivity (Wildman–Crippen MR) is 113 cm³/mol. The van der Waals surface area contributed by atoms with Crippen molar-refractivity contribution in [1.29, 1.82) is 0 Å². The number of carbonyl (C=O) groups excluding carboxylic acids is 1. The number of benzene rings is 2. The van der Waals surface area contributed by atoms with Crippen LogP contribution in [0.1, 0.15) is 60.8 Å². The zero-order chi connectivity index (χ0) is 20.4. The Kier molecular flexibility index (Phi) is 5.63. The molecule has 0 amide bonds. The first-order chi connectivity index (χ1) is 13.2. The number of anilines is 2. The van der Waals surface area contributed by atoms with Crippen molar-refractivity contribution < 1.29 is 9.53 Å². The first-order valence-electron chi connectivity index (χ1n) is 9.61. The average Bonchev–Trinajstić information content (AvgIpc) is 2.62. The third kappa shape index (κ3) is 4.30. The van der Waals surface area contributed by atoms with Crippen molar-refractivity contribution in [3.8, 4) is 0 Å². The smallest absolute Gasteiger partial charge is 0.361 e. The molecular weight excluding hydrogens is 350 g/mol. The van der Waals surface area contributed by atoms with E-state index in [-0.39, 0.29) is 11.8 Å². The van der Waals surface area contributed by atoms with Crippen LogP contribution in [0.4, 0.5) is 11.5 Å². The molecule has 0 unspecified atom stereocenters. The summed E-state index contributed by atoms with van der Waals surface area (Å²) in [5.74, 6) is 0.375. The number of hydrogen-bond donors (Lipinski definition) is 1. The molecule has 5 heteroatoms. The Morgan fingerprint density at radius 3 is 2.04 bits per heavy atom. The third-order valence-electron chi connectivity index (χ3n) is 4.66. The first-order valence-corrected chi connectivity index (χ1v) is 9.61. The number of aromatic nitrogens is 2. The summed E-state index contributed by atoms with van der Waals surface area (Å²) in [5, 5.41) is 3.24.